The van der Waals surface area contributed by atoms with E-state index in [0.717, 1.165) is 13.1 Å². The Morgan fingerprint density at radius 3 is 2.69 bits per heavy atom. The molecule has 0 heterocycles. The van der Waals surface area contributed by atoms with Crippen molar-refractivity contribution in [2.45, 2.75) is 26.7 Å². The molecule has 1 rings (SSSR count). The molecule has 1 unspecified atom stereocenters. The third-order valence-corrected chi connectivity index (χ3v) is 3.00. The summed E-state index contributed by atoms with van der Waals surface area (Å²) in [4.78, 5) is 2.31. The van der Waals surface area contributed by atoms with Crippen molar-refractivity contribution in [2.75, 3.05) is 25.0 Å². The SMILES string of the molecule is CCCC(CN)CN(C)c1cccc(C)c1. The molecular weight excluding hydrogens is 196 g/mol. The second kappa shape index (κ2) is 6.54. The van der Waals surface area contributed by atoms with Crippen molar-refractivity contribution in [2.24, 2.45) is 11.7 Å². The Balaban J connectivity index is 2.60. The predicted octanol–water partition coefficient (Wildman–Crippen LogP) is 2.81. The molecule has 2 nitrogen and oxygen atoms in total. The summed E-state index contributed by atoms with van der Waals surface area (Å²) in [5.41, 5.74) is 8.38. The third kappa shape index (κ3) is 3.86. The Morgan fingerprint density at radius 1 is 1.38 bits per heavy atom. The van der Waals surface area contributed by atoms with Gasteiger partial charge in [-0.15, -0.1) is 0 Å². The fourth-order valence-corrected chi connectivity index (χ4v) is 2.05. The van der Waals surface area contributed by atoms with Gasteiger partial charge in [0.2, 0.25) is 0 Å². The smallest absolute Gasteiger partial charge is 0.0366 e. The van der Waals surface area contributed by atoms with E-state index in [0.29, 0.717) is 5.92 Å². The highest BCUT2D eigenvalue weighted by atomic mass is 15.1. The number of benzene rings is 1. The van der Waals surface area contributed by atoms with E-state index in [1.165, 1.54) is 24.1 Å². The van der Waals surface area contributed by atoms with Crippen molar-refractivity contribution in [3.05, 3.63) is 29.8 Å². The van der Waals surface area contributed by atoms with Crippen molar-refractivity contribution in [3.8, 4) is 0 Å². The first-order chi connectivity index (χ1) is 7.67. The molecule has 90 valence electrons. The zero-order valence-electron chi connectivity index (χ0n) is 10.7. The summed E-state index contributed by atoms with van der Waals surface area (Å²) < 4.78 is 0. The monoisotopic (exact) mass is 220 g/mol. The summed E-state index contributed by atoms with van der Waals surface area (Å²) >= 11 is 0. The van der Waals surface area contributed by atoms with Crippen LogP contribution in [-0.4, -0.2) is 20.1 Å². The number of hydrogen-bond acceptors (Lipinski definition) is 2. The van der Waals surface area contributed by atoms with Crippen LogP contribution in [0, 0.1) is 12.8 Å². The second-order valence-corrected chi connectivity index (χ2v) is 4.61. The molecule has 0 radical (unpaired) electrons. The van der Waals surface area contributed by atoms with Crippen LogP contribution >= 0.6 is 0 Å². The van der Waals surface area contributed by atoms with Crippen molar-refractivity contribution < 1.29 is 0 Å². The molecule has 0 amide bonds. The van der Waals surface area contributed by atoms with Gasteiger partial charge >= 0.3 is 0 Å². The Kier molecular flexibility index (Phi) is 5.33. The summed E-state index contributed by atoms with van der Waals surface area (Å²) in [6.45, 7) is 6.18. The fourth-order valence-electron chi connectivity index (χ4n) is 2.05. The molecule has 0 fully saturated rings. The van der Waals surface area contributed by atoms with Crippen LogP contribution in [0.5, 0.6) is 0 Å². The lowest BCUT2D eigenvalue weighted by Gasteiger charge is -2.25. The van der Waals surface area contributed by atoms with Gasteiger partial charge in [0.25, 0.3) is 0 Å². The first kappa shape index (κ1) is 13.0. The highest BCUT2D eigenvalue weighted by molar-refractivity contribution is 5.47. The van der Waals surface area contributed by atoms with Gasteiger partial charge in [-0.25, -0.2) is 0 Å². The second-order valence-electron chi connectivity index (χ2n) is 4.61. The van der Waals surface area contributed by atoms with Crippen LogP contribution in [0.1, 0.15) is 25.3 Å². The molecule has 0 saturated heterocycles. The largest absolute Gasteiger partial charge is 0.374 e. The summed E-state index contributed by atoms with van der Waals surface area (Å²) in [6.07, 6.45) is 2.43. The topological polar surface area (TPSA) is 29.3 Å². The summed E-state index contributed by atoms with van der Waals surface area (Å²) in [5.74, 6) is 0.607. The normalized spacial score (nSPS) is 12.5. The van der Waals surface area contributed by atoms with E-state index in [1.54, 1.807) is 0 Å². The first-order valence-electron chi connectivity index (χ1n) is 6.15. The lowest BCUT2D eigenvalue weighted by molar-refractivity contribution is 0.491. The van der Waals surface area contributed by atoms with Crippen LogP contribution in [0.3, 0.4) is 0 Å². The van der Waals surface area contributed by atoms with Gasteiger partial charge in [0.05, 0.1) is 0 Å². The maximum atomic E-state index is 5.79. The van der Waals surface area contributed by atoms with Gasteiger partial charge in [0, 0.05) is 19.3 Å². The summed E-state index contributed by atoms with van der Waals surface area (Å²) in [5, 5.41) is 0. The molecule has 0 aliphatic carbocycles. The fraction of sp³-hybridized carbons (Fsp3) is 0.571. The van der Waals surface area contributed by atoms with Crippen LogP contribution in [-0.2, 0) is 0 Å². The maximum absolute atomic E-state index is 5.79. The zero-order valence-corrected chi connectivity index (χ0v) is 10.7. The van der Waals surface area contributed by atoms with Gasteiger partial charge in [0.15, 0.2) is 0 Å². The highest BCUT2D eigenvalue weighted by Gasteiger charge is 2.09. The minimum atomic E-state index is 0.607. The Labute approximate surface area is 99.5 Å². The molecule has 0 saturated carbocycles. The standard InChI is InChI=1S/C14H24N2/c1-4-6-13(10-15)11-16(3)14-8-5-7-12(2)9-14/h5,7-9,13H,4,6,10-11,15H2,1-3H3. The van der Waals surface area contributed by atoms with E-state index in [4.69, 9.17) is 5.73 Å². The predicted molar refractivity (Wildman–Crippen MR) is 71.9 cm³/mol. The average molecular weight is 220 g/mol. The first-order valence-corrected chi connectivity index (χ1v) is 6.15. The maximum Gasteiger partial charge on any atom is 0.0366 e. The van der Waals surface area contributed by atoms with Gasteiger partial charge in [-0.3, -0.25) is 0 Å². The Bertz CT molecular complexity index is 309. The lowest BCUT2D eigenvalue weighted by Crippen LogP contribution is -2.30. The van der Waals surface area contributed by atoms with E-state index in [-0.39, 0.29) is 0 Å². The van der Waals surface area contributed by atoms with Crippen molar-refractivity contribution in [1.82, 2.24) is 0 Å². The molecule has 0 bridgehead atoms. The molecule has 1 aromatic carbocycles. The Hall–Kier alpha value is -1.02. The number of anilines is 1. The quantitative estimate of drug-likeness (QED) is 0.798. The number of hydrogen-bond donors (Lipinski definition) is 1. The molecule has 0 spiro atoms. The Morgan fingerprint density at radius 2 is 2.12 bits per heavy atom. The van der Waals surface area contributed by atoms with E-state index in [2.05, 4.69) is 50.1 Å². The van der Waals surface area contributed by atoms with Gasteiger partial charge in [0.1, 0.15) is 0 Å². The third-order valence-electron chi connectivity index (χ3n) is 3.00. The number of aryl methyl sites for hydroxylation is 1. The lowest BCUT2D eigenvalue weighted by atomic mass is 10.0. The van der Waals surface area contributed by atoms with Crippen molar-refractivity contribution >= 4 is 5.69 Å². The zero-order chi connectivity index (χ0) is 12.0. The molecule has 2 N–H and O–H groups in total. The molecular formula is C14H24N2. The molecule has 0 aliphatic heterocycles. The highest BCUT2D eigenvalue weighted by Crippen LogP contribution is 2.16. The van der Waals surface area contributed by atoms with Crippen LogP contribution in [0.25, 0.3) is 0 Å². The molecule has 0 aliphatic rings. The van der Waals surface area contributed by atoms with Gasteiger partial charge in [-0.05, 0) is 43.5 Å². The van der Waals surface area contributed by atoms with Gasteiger partial charge in [-0.2, -0.15) is 0 Å². The molecule has 1 aromatic rings. The summed E-state index contributed by atoms with van der Waals surface area (Å²) in [6, 6.07) is 8.62. The summed E-state index contributed by atoms with van der Waals surface area (Å²) in [7, 11) is 2.15. The molecule has 0 aromatic heterocycles. The molecule has 1 atom stereocenters. The van der Waals surface area contributed by atoms with Crippen LogP contribution in [0.15, 0.2) is 24.3 Å². The minimum Gasteiger partial charge on any atom is -0.374 e. The van der Waals surface area contributed by atoms with Crippen molar-refractivity contribution in [1.29, 1.82) is 0 Å². The van der Waals surface area contributed by atoms with Crippen LogP contribution in [0.4, 0.5) is 5.69 Å². The van der Waals surface area contributed by atoms with E-state index < -0.39 is 0 Å². The minimum absolute atomic E-state index is 0.607. The molecule has 16 heavy (non-hydrogen) atoms. The number of nitrogens with zero attached hydrogens (tertiary/aromatic N) is 1. The number of nitrogens with two attached hydrogens (primary N) is 1. The molecule has 2 heteroatoms. The van der Waals surface area contributed by atoms with E-state index >= 15 is 0 Å². The van der Waals surface area contributed by atoms with Gasteiger partial charge in [-0.1, -0.05) is 25.5 Å². The van der Waals surface area contributed by atoms with Gasteiger partial charge < -0.3 is 10.6 Å². The van der Waals surface area contributed by atoms with E-state index in [9.17, 15) is 0 Å². The van der Waals surface area contributed by atoms with E-state index in [1.807, 2.05) is 0 Å². The number of rotatable bonds is 6. The average Bonchev–Trinajstić information content (AvgIpc) is 2.28. The van der Waals surface area contributed by atoms with Crippen LogP contribution in [0.2, 0.25) is 0 Å². The van der Waals surface area contributed by atoms with Crippen LogP contribution < -0.4 is 10.6 Å². The van der Waals surface area contributed by atoms with Crippen molar-refractivity contribution in [3.63, 3.8) is 0 Å².